The molecular weight excluding hydrogens is 324 g/mol. The number of halogens is 1. The monoisotopic (exact) mass is 348 g/mol. The summed E-state index contributed by atoms with van der Waals surface area (Å²) in [7, 11) is -1.38. The molecule has 5 nitrogen and oxygen atoms in total. The Kier molecular flexibility index (Phi) is 7.28. The molecule has 1 saturated heterocycles. The van der Waals surface area contributed by atoms with Gasteiger partial charge < -0.3 is 10.5 Å². The number of rotatable bonds is 5. The van der Waals surface area contributed by atoms with Crippen molar-refractivity contribution in [3.05, 3.63) is 29.8 Å². The molecule has 2 atom stereocenters. The van der Waals surface area contributed by atoms with Crippen LogP contribution in [0, 0.1) is 0 Å². The van der Waals surface area contributed by atoms with Crippen molar-refractivity contribution in [1.29, 1.82) is 0 Å². The molecule has 1 aliphatic heterocycles. The summed E-state index contributed by atoms with van der Waals surface area (Å²) in [5.74, 6) is 0. The maximum atomic E-state index is 11.5. The Morgan fingerprint density at radius 3 is 2.45 bits per heavy atom. The molecule has 0 aromatic heterocycles. The van der Waals surface area contributed by atoms with E-state index in [0.717, 1.165) is 31.5 Å². The fourth-order valence-electron chi connectivity index (χ4n) is 2.81. The highest BCUT2D eigenvalue weighted by molar-refractivity contribution is 7.90. The Hall–Kier alpha value is -0.660. The maximum absolute atomic E-state index is 11.5. The summed E-state index contributed by atoms with van der Waals surface area (Å²) in [4.78, 5) is 2.71. The van der Waals surface area contributed by atoms with Crippen molar-refractivity contribution in [2.45, 2.75) is 36.4 Å². The molecule has 7 heteroatoms. The summed E-state index contributed by atoms with van der Waals surface area (Å²) >= 11 is 0. The molecule has 1 heterocycles. The quantitative estimate of drug-likeness (QED) is 0.872. The van der Waals surface area contributed by atoms with Gasteiger partial charge >= 0.3 is 0 Å². The van der Waals surface area contributed by atoms with Crippen LogP contribution >= 0.6 is 12.4 Å². The van der Waals surface area contributed by atoms with Crippen LogP contribution in [0.4, 0.5) is 0 Å². The zero-order valence-corrected chi connectivity index (χ0v) is 14.7. The standard InChI is InChI=1S/C15H24N2O3S.ClH/c1-20-14-7-8-17(13(9-14)10-16)11-12-3-5-15(6-4-12)21(2,18)19;/h3-6,13-14H,7-11,16H2,1-2H3;1H. The van der Waals surface area contributed by atoms with Crippen LogP contribution in [0.1, 0.15) is 18.4 Å². The Labute approximate surface area is 139 Å². The van der Waals surface area contributed by atoms with Gasteiger partial charge in [0.05, 0.1) is 11.0 Å². The zero-order chi connectivity index (χ0) is 15.5. The van der Waals surface area contributed by atoms with Crippen molar-refractivity contribution < 1.29 is 13.2 Å². The average Bonchev–Trinajstić information content (AvgIpc) is 2.47. The molecule has 2 unspecified atom stereocenters. The molecule has 2 N–H and O–H groups in total. The number of sulfone groups is 1. The largest absolute Gasteiger partial charge is 0.381 e. The van der Waals surface area contributed by atoms with E-state index in [4.69, 9.17) is 10.5 Å². The number of nitrogens with two attached hydrogens (primary N) is 1. The SMILES string of the molecule is COC1CCN(Cc2ccc(S(C)(=O)=O)cc2)C(CN)C1.Cl. The molecule has 0 spiro atoms. The molecule has 126 valence electrons. The van der Waals surface area contributed by atoms with Crippen molar-refractivity contribution in [2.24, 2.45) is 5.73 Å². The molecule has 0 amide bonds. The van der Waals surface area contributed by atoms with Crippen LogP contribution in [0.5, 0.6) is 0 Å². The molecule has 1 aromatic rings. The van der Waals surface area contributed by atoms with Gasteiger partial charge in [-0.05, 0) is 30.5 Å². The number of hydrogen-bond donors (Lipinski definition) is 1. The Bertz CT molecular complexity index is 563. The number of nitrogens with zero attached hydrogens (tertiary/aromatic N) is 1. The zero-order valence-electron chi connectivity index (χ0n) is 13.1. The molecule has 0 radical (unpaired) electrons. The van der Waals surface area contributed by atoms with Gasteiger partial charge in [-0.25, -0.2) is 8.42 Å². The number of hydrogen-bond acceptors (Lipinski definition) is 5. The van der Waals surface area contributed by atoms with Crippen LogP contribution in [0.3, 0.4) is 0 Å². The van der Waals surface area contributed by atoms with E-state index in [1.54, 1.807) is 19.2 Å². The number of methoxy groups -OCH3 is 1. The van der Waals surface area contributed by atoms with Gasteiger partial charge in [-0.1, -0.05) is 12.1 Å². The van der Waals surface area contributed by atoms with E-state index < -0.39 is 9.84 Å². The minimum absolute atomic E-state index is 0. The lowest BCUT2D eigenvalue weighted by molar-refractivity contribution is 0.0102. The highest BCUT2D eigenvalue weighted by Gasteiger charge is 2.27. The van der Waals surface area contributed by atoms with Gasteiger partial charge in [0.1, 0.15) is 0 Å². The second kappa shape index (κ2) is 8.26. The van der Waals surface area contributed by atoms with Crippen LogP contribution in [-0.4, -0.2) is 51.9 Å². The summed E-state index contributed by atoms with van der Waals surface area (Å²) in [6.07, 6.45) is 3.48. The molecule has 1 aliphatic rings. The second-order valence-corrected chi connectivity index (χ2v) is 7.67. The van der Waals surface area contributed by atoms with Gasteiger partial charge in [0.25, 0.3) is 0 Å². The van der Waals surface area contributed by atoms with E-state index in [-0.39, 0.29) is 12.4 Å². The molecule has 1 fully saturated rings. The molecule has 2 rings (SSSR count). The third-order valence-electron chi connectivity index (χ3n) is 4.13. The molecular formula is C15H25ClN2O3S. The predicted molar refractivity (Wildman–Crippen MR) is 90.1 cm³/mol. The number of piperidine rings is 1. The average molecular weight is 349 g/mol. The molecule has 0 aliphatic carbocycles. The summed E-state index contributed by atoms with van der Waals surface area (Å²) in [6.45, 7) is 2.36. The maximum Gasteiger partial charge on any atom is 0.175 e. The normalized spacial score (nSPS) is 23.0. The highest BCUT2D eigenvalue weighted by Crippen LogP contribution is 2.21. The molecule has 1 aromatic carbocycles. The first-order valence-corrected chi connectivity index (χ1v) is 9.09. The predicted octanol–water partition coefficient (Wildman–Crippen LogP) is 1.45. The lowest BCUT2D eigenvalue weighted by Crippen LogP contribution is -2.47. The van der Waals surface area contributed by atoms with E-state index in [9.17, 15) is 8.42 Å². The van der Waals surface area contributed by atoms with Crippen LogP contribution in [0.25, 0.3) is 0 Å². The van der Waals surface area contributed by atoms with Gasteiger partial charge in [0.15, 0.2) is 9.84 Å². The first kappa shape index (κ1) is 19.4. The summed E-state index contributed by atoms with van der Waals surface area (Å²) < 4.78 is 28.3. The molecule has 0 bridgehead atoms. The topological polar surface area (TPSA) is 72.6 Å². The smallest absolute Gasteiger partial charge is 0.175 e. The Morgan fingerprint density at radius 1 is 1.32 bits per heavy atom. The minimum Gasteiger partial charge on any atom is -0.381 e. The second-order valence-electron chi connectivity index (χ2n) is 5.66. The van der Waals surface area contributed by atoms with Crippen molar-refractivity contribution in [3.63, 3.8) is 0 Å². The minimum atomic E-state index is -3.13. The Balaban J connectivity index is 0.00000242. The lowest BCUT2D eigenvalue weighted by atomic mass is 9.98. The van der Waals surface area contributed by atoms with Crippen LogP contribution < -0.4 is 5.73 Å². The number of benzene rings is 1. The van der Waals surface area contributed by atoms with Gasteiger partial charge in [-0.15, -0.1) is 12.4 Å². The summed E-state index contributed by atoms with van der Waals surface area (Å²) in [5, 5.41) is 0. The summed E-state index contributed by atoms with van der Waals surface area (Å²) in [5.41, 5.74) is 6.98. The van der Waals surface area contributed by atoms with Crippen molar-refractivity contribution in [3.8, 4) is 0 Å². The van der Waals surface area contributed by atoms with Gasteiger partial charge in [0.2, 0.25) is 0 Å². The van der Waals surface area contributed by atoms with Crippen molar-refractivity contribution in [2.75, 3.05) is 26.5 Å². The number of likely N-dealkylation sites (tertiary alicyclic amines) is 1. The van der Waals surface area contributed by atoms with Gasteiger partial charge in [-0.2, -0.15) is 0 Å². The van der Waals surface area contributed by atoms with Crippen molar-refractivity contribution >= 4 is 22.2 Å². The van der Waals surface area contributed by atoms with Crippen molar-refractivity contribution in [1.82, 2.24) is 4.90 Å². The third-order valence-corrected chi connectivity index (χ3v) is 5.26. The van der Waals surface area contributed by atoms with E-state index >= 15 is 0 Å². The first-order chi connectivity index (χ1) is 9.94. The van der Waals surface area contributed by atoms with Gasteiger partial charge in [-0.3, -0.25) is 4.90 Å². The third kappa shape index (κ3) is 4.93. The van der Waals surface area contributed by atoms with Gasteiger partial charge in [0, 0.05) is 39.0 Å². The lowest BCUT2D eigenvalue weighted by Gasteiger charge is -2.38. The molecule has 0 saturated carbocycles. The number of ether oxygens (including phenoxy) is 1. The summed E-state index contributed by atoms with van der Waals surface area (Å²) in [6, 6.07) is 7.42. The van der Waals surface area contributed by atoms with Crippen LogP contribution in [-0.2, 0) is 21.1 Å². The van der Waals surface area contributed by atoms with E-state index in [0.29, 0.717) is 23.6 Å². The van der Waals surface area contributed by atoms with Crippen LogP contribution in [0.2, 0.25) is 0 Å². The van der Waals surface area contributed by atoms with E-state index in [2.05, 4.69) is 4.90 Å². The fourth-order valence-corrected chi connectivity index (χ4v) is 3.44. The molecule has 22 heavy (non-hydrogen) atoms. The van der Waals surface area contributed by atoms with Crippen LogP contribution in [0.15, 0.2) is 29.2 Å². The Morgan fingerprint density at radius 2 is 1.95 bits per heavy atom. The van der Waals surface area contributed by atoms with E-state index in [1.807, 2.05) is 12.1 Å². The van der Waals surface area contributed by atoms with E-state index in [1.165, 1.54) is 6.26 Å². The highest BCUT2D eigenvalue weighted by atomic mass is 35.5. The fraction of sp³-hybridized carbons (Fsp3) is 0.600. The first-order valence-electron chi connectivity index (χ1n) is 7.20.